The van der Waals surface area contributed by atoms with Crippen LogP contribution in [-0.2, 0) is 22.6 Å². The zero-order chi connectivity index (χ0) is 22.9. The average molecular weight is 440 g/mol. The summed E-state index contributed by atoms with van der Waals surface area (Å²) < 4.78 is 0. The van der Waals surface area contributed by atoms with E-state index in [9.17, 15) is 19.7 Å². The molecule has 0 saturated carbocycles. The molecule has 8 heteroatoms. The first kappa shape index (κ1) is 20.6. The van der Waals surface area contributed by atoms with Gasteiger partial charge in [0.05, 0.1) is 22.7 Å². The summed E-state index contributed by atoms with van der Waals surface area (Å²) in [5.41, 5.74) is 3.57. The van der Waals surface area contributed by atoms with Crippen LogP contribution in [0.5, 0.6) is 0 Å². The lowest BCUT2D eigenvalue weighted by Gasteiger charge is -2.32. The number of carbonyl (C=O) groups is 2. The number of rotatable bonds is 5. The topological polar surface area (TPSA) is 96.6 Å². The number of anilines is 1. The van der Waals surface area contributed by atoms with Crippen LogP contribution in [0.3, 0.4) is 0 Å². The van der Waals surface area contributed by atoms with E-state index in [4.69, 9.17) is 0 Å². The van der Waals surface area contributed by atoms with Crippen molar-refractivity contribution in [2.24, 2.45) is 0 Å². The predicted molar refractivity (Wildman–Crippen MR) is 122 cm³/mol. The molecule has 0 N–H and O–H groups in total. The summed E-state index contributed by atoms with van der Waals surface area (Å²) in [5.74, 6) is -0.826. The van der Waals surface area contributed by atoms with Gasteiger partial charge >= 0.3 is 0 Å². The van der Waals surface area contributed by atoms with Gasteiger partial charge < -0.3 is 4.90 Å². The first-order valence-electron chi connectivity index (χ1n) is 10.7. The van der Waals surface area contributed by atoms with Crippen LogP contribution in [0, 0.1) is 10.1 Å². The summed E-state index contributed by atoms with van der Waals surface area (Å²) in [5, 5.41) is 11.1. The Labute approximate surface area is 189 Å². The number of hydrogen-bond donors (Lipinski definition) is 0. The van der Waals surface area contributed by atoms with E-state index in [1.54, 1.807) is 24.4 Å². The zero-order valence-electron chi connectivity index (χ0n) is 17.7. The molecule has 0 unspecified atom stereocenters. The van der Waals surface area contributed by atoms with Gasteiger partial charge in [0.1, 0.15) is 5.70 Å². The standard InChI is InChI=1S/C25H20N4O4/c30-24-22(18-10-12-20(13-11-18)29(32)33)23(25(31)28(24)16-19-8-3-4-14-26-19)27-15-5-7-17-6-1-2-9-21(17)27/h1-4,6,8-14H,5,7,15-16H2. The average Bonchev–Trinajstić information content (AvgIpc) is 3.09. The van der Waals surface area contributed by atoms with Gasteiger partial charge in [-0.1, -0.05) is 24.3 Å². The van der Waals surface area contributed by atoms with E-state index in [-0.39, 0.29) is 17.8 Å². The Morgan fingerprint density at radius 3 is 2.42 bits per heavy atom. The molecule has 3 heterocycles. The highest BCUT2D eigenvalue weighted by molar-refractivity contribution is 6.36. The number of nitro groups is 1. The van der Waals surface area contributed by atoms with E-state index in [0.717, 1.165) is 24.1 Å². The quantitative estimate of drug-likeness (QED) is 0.341. The minimum Gasteiger partial charge on any atom is -0.336 e. The highest BCUT2D eigenvalue weighted by atomic mass is 16.6. The Morgan fingerprint density at radius 1 is 0.939 bits per heavy atom. The minimum absolute atomic E-state index is 0.0496. The van der Waals surface area contributed by atoms with E-state index in [0.29, 0.717) is 23.5 Å². The number of hydrogen-bond acceptors (Lipinski definition) is 6. The predicted octanol–water partition coefficient (Wildman–Crippen LogP) is 3.72. The van der Waals surface area contributed by atoms with Crippen LogP contribution in [0.15, 0.2) is 78.6 Å². The Bertz CT molecular complexity index is 1290. The number of amides is 2. The lowest BCUT2D eigenvalue weighted by atomic mass is 9.98. The Balaban J connectivity index is 1.63. The van der Waals surface area contributed by atoms with Crippen LogP contribution >= 0.6 is 0 Å². The third-order valence-corrected chi connectivity index (χ3v) is 5.94. The number of para-hydroxylation sites is 1. The number of nitrogens with zero attached hydrogens (tertiary/aromatic N) is 4. The molecule has 3 aromatic rings. The van der Waals surface area contributed by atoms with Gasteiger partial charge in [-0.2, -0.15) is 0 Å². The molecule has 0 atom stereocenters. The number of pyridine rings is 1. The fourth-order valence-corrected chi connectivity index (χ4v) is 4.39. The summed E-state index contributed by atoms with van der Waals surface area (Å²) in [6, 6.07) is 19.0. The first-order valence-corrected chi connectivity index (χ1v) is 10.7. The molecule has 0 spiro atoms. The monoisotopic (exact) mass is 440 g/mol. The third kappa shape index (κ3) is 3.65. The lowest BCUT2D eigenvalue weighted by molar-refractivity contribution is -0.384. The molecule has 164 valence electrons. The van der Waals surface area contributed by atoms with Gasteiger partial charge in [-0.05, 0) is 54.3 Å². The van der Waals surface area contributed by atoms with Crippen LogP contribution in [0.2, 0.25) is 0 Å². The smallest absolute Gasteiger partial charge is 0.278 e. The number of imide groups is 1. The summed E-state index contributed by atoms with van der Waals surface area (Å²) >= 11 is 0. The molecule has 8 nitrogen and oxygen atoms in total. The summed E-state index contributed by atoms with van der Waals surface area (Å²) in [4.78, 5) is 45.2. The third-order valence-electron chi connectivity index (χ3n) is 5.94. The maximum absolute atomic E-state index is 13.7. The lowest BCUT2D eigenvalue weighted by Crippen LogP contribution is -2.37. The van der Waals surface area contributed by atoms with Gasteiger partial charge in [0.15, 0.2) is 0 Å². The molecule has 2 aliphatic heterocycles. The Hall–Kier alpha value is -4.33. The van der Waals surface area contributed by atoms with Crippen molar-refractivity contribution in [3.05, 3.63) is 106 Å². The van der Waals surface area contributed by atoms with Crippen molar-refractivity contribution in [2.45, 2.75) is 19.4 Å². The van der Waals surface area contributed by atoms with Crippen LogP contribution in [-0.4, -0.2) is 33.2 Å². The molecular formula is C25H20N4O4. The number of aryl methyl sites for hydroxylation is 1. The van der Waals surface area contributed by atoms with Gasteiger partial charge in [-0.25, -0.2) is 0 Å². The van der Waals surface area contributed by atoms with Gasteiger partial charge in [0, 0.05) is 30.6 Å². The molecule has 2 aliphatic rings. The Kier molecular flexibility index (Phi) is 5.18. The van der Waals surface area contributed by atoms with Gasteiger partial charge in [-0.15, -0.1) is 0 Å². The van der Waals surface area contributed by atoms with E-state index in [1.165, 1.54) is 29.2 Å². The zero-order valence-corrected chi connectivity index (χ0v) is 17.7. The fourth-order valence-electron chi connectivity index (χ4n) is 4.39. The maximum Gasteiger partial charge on any atom is 0.278 e. The van der Waals surface area contributed by atoms with Crippen molar-refractivity contribution < 1.29 is 14.5 Å². The van der Waals surface area contributed by atoms with Crippen molar-refractivity contribution in [1.29, 1.82) is 0 Å². The normalized spacial score (nSPS) is 15.8. The van der Waals surface area contributed by atoms with Crippen molar-refractivity contribution in [3.8, 4) is 0 Å². The number of benzene rings is 2. The van der Waals surface area contributed by atoms with Crippen molar-refractivity contribution >= 4 is 28.8 Å². The molecule has 33 heavy (non-hydrogen) atoms. The van der Waals surface area contributed by atoms with Crippen molar-refractivity contribution in [2.75, 3.05) is 11.4 Å². The molecule has 2 aromatic carbocycles. The second-order valence-corrected chi connectivity index (χ2v) is 7.93. The van der Waals surface area contributed by atoms with E-state index < -0.39 is 16.7 Å². The summed E-state index contributed by atoms with van der Waals surface area (Å²) in [6.45, 7) is 0.646. The van der Waals surface area contributed by atoms with Gasteiger partial charge in [0.25, 0.3) is 17.5 Å². The summed E-state index contributed by atoms with van der Waals surface area (Å²) in [7, 11) is 0. The number of aromatic nitrogens is 1. The van der Waals surface area contributed by atoms with Crippen molar-refractivity contribution in [1.82, 2.24) is 9.88 Å². The molecule has 0 fully saturated rings. The van der Waals surface area contributed by atoms with E-state index in [2.05, 4.69) is 4.98 Å². The summed E-state index contributed by atoms with van der Waals surface area (Å²) in [6.07, 6.45) is 3.36. The molecule has 0 saturated heterocycles. The first-order chi connectivity index (χ1) is 16.0. The molecule has 2 amide bonds. The second-order valence-electron chi connectivity index (χ2n) is 7.93. The molecular weight excluding hydrogens is 420 g/mol. The molecule has 0 bridgehead atoms. The molecule has 5 rings (SSSR count). The highest BCUT2D eigenvalue weighted by Crippen LogP contribution is 2.38. The number of carbonyl (C=O) groups excluding carboxylic acids is 2. The minimum atomic E-state index is -0.491. The second kappa shape index (κ2) is 8.31. The maximum atomic E-state index is 13.7. The molecule has 0 aliphatic carbocycles. The van der Waals surface area contributed by atoms with Crippen LogP contribution < -0.4 is 4.90 Å². The number of nitro benzene ring substituents is 1. The molecule has 1 aromatic heterocycles. The number of non-ortho nitro benzene ring substituents is 1. The van der Waals surface area contributed by atoms with Crippen molar-refractivity contribution in [3.63, 3.8) is 0 Å². The van der Waals surface area contributed by atoms with E-state index >= 15 is 0 Å². The van der Waals surface area contributed by atoms with Gasteiger partial charge in [0.2, 0.25) is 0 Å². The van der Waals surface area contributed by atoms with Crippen LogP contribution in [0.1, 0.15) is 23.2 Å². The SMILES string of the molecule is O=C1C(c2ccc([N+](=O)[O-])cc2)=C(N2CCCc3ccccc32)C(=O)N1Cc1ccccn1. The highest BCUT2D eigenvalue weighted by Gasteiger charge is 2.43. The fraction of sp³-hybridized carbons (Fsp3) is 0.160. The van der Waals surface area contributed by atoms with Crippen LogP contribution in [0.4, 0.5) is 11.4 Å². The largest absolute Gasteiger partial charge is 0.336 e. The van der Waals surface area contributed by atoms with Crippen LogP contribution in [0.25, 0.3) is 5.57 Å². The van der Waals surface area contributed by atoms with Gasteiger partial charge in [-0.3, -0.25) is 29.6 Å². The number of fused-ring (bicyclic) bond motifs is 1. The van der Waals surface area contributed by atoms with E-state index in [1.807, 2.05) is 29.2 Å². The Morgan fingerprint density at radius 2 is 1.70 bits per heavy atom. The molecule has 0 radical (unpaired) electrons.